The van der Waals surface area contributed by atoms with Crippen LogP contribution in [-0.2, 0) is 6.54 Å². The summed E-state index contributed by atoms with van der Waals surface area (Å²) in [4.78, 5) is 0. The van der Waals surface area contributed by atoms with Gasteiger partial charge in [0, 0.05) is 17.6 Å². The summed E-state index contributed by atoms with van der Waals surface area (Å²) in [5, 5.41) is 4.29. The van der Waals surface area contributed by atoms with Crippen molar-refractivity contribution in [1.82, 2.24) is 5.32 Å². The van der Waals surface area contributed by atoms with Crippen LogP contribution >= 0.6 is 11.6 Å². The Morgan fingerprint density at radius 1 is 1.43 bits per heavy atom. The molecule has 0 radical (unpaired) electrons. The molecule has 0 aliphatic rings. The fourth-order valence-electron chi connectivity index (χ4n) is 1.22. The van der Waals surface area contributed by atoms with Crippen molar-refractivity contribution in [3.05, 3.63) is 34.3 Å². The maximum Gasteiger partial charge on any atom is 0.0453 e. The van der Waals surface area contributed by atoms with Crippen LogP contribution < -0.4 is 5.32 Å². The summed E-state index contributed by atoms with van der Waals surface area (Å²) in [5.74, 6) is 0. The van der Waals surface area contributed by atoms with Gasteiger partial charge in [0.1, 0.15) is 0 Å². The second-order valence-corrected chi connectivity index (χ2v) is 4.19. The number of halogens is 1. The highest BCUT2D eigenvalue weighted by Crippen LogP contribution is 2.17. The van der Waals surface area contributed by atoms with Crippen molar-refractivity contribution in [2.24, 2.45) is 0 Å². The van der Waals surface area contributed by atoms with Crippen molar-refractivity contribution in [2.75, 3.05) is 0 Å². The molecule has 78 valence electrons. The number of hydrogen-bond acceptors (Lipinski definition) is 1. The molecule has 1 N–H and O–H groups in total. The lowest BCUT2D eigenvalue weighted by Crippen LogP contribution is -2.24. The molecule has 1 unspecified atom stereocenters. The maximum absolute atomic E-state index is 6.12. The molecule has 1 rings (SSSR count). The van der Waals surface area contributed by atoms with Gasteiger partial charge in [-0.1, -0.05) is 30.7 Å². The van der Waals surface area contributed by atoms with Crippen LogP contribution in [0.3, 0.4) is 0 Å². The van der Waals surface area contributed by atoms with Crippen molar-refractivity contribution in [2.45, 2.75) is 39.8 Å². The van der Waals surface area contributed by atoms with Gasteiger partial charge in [-0.3, -0.25) is 0 Å². The number of rotatable bonds is 4. The molecule has 0 heterocycles. The highest BCUT2D eigenvalue weighted by Gasteiger charge is 2.02. The molecule has 2 heteroatoms. The van der Waals surface area contributed by atoms with Crippen LogP contribution in [0.5, 0.6) is 0 Å². The van der Waals surface area contributed by atoms with E-state index >= 15 is 0 Å². The van der Waals surface area contributed by atoms with Gasteiger partial charge in [-0.2, -0.15) is 0 Å². The molecular formula is C12H18ClN. The Labute approximate surface area is 91.5 Å². The van der Waals surface area contributed by atoms with Gasteiger partial charge in [0.2, 0.25) is 0 Å². The van der Waals surface area contributed by atoms with E-state index < -0.39 is 0 Å². The van der Waals surface area contributed by atoms with Crippen molar-refractivity contribution in [3.63, 3.8) is 0 Å². The van der Waals surface area contributed by atoms with Crippen molar-refractivity contribution in [3.8, 4) is 0 Å². The van der Waals surface area contributed by atoms with Crippen LogP contribution in [0.25, 0.3) is 0 Å². The summed E-state index contributed by atoms with van der Waals surface area (Å²) in [6, 6.07) is 6.74. The smallest absolute Gasteiger partial charge is 0.0453 e. The van der Waals surface area contributed by atoms with Crippen LogP contribution in [0.15, 0.2) is 18.2 Å². The minimum atomic E-state index is 0.548. The van der Waals surface area contributed by atoms with E-state index in [1.54, 1.807) is 0 Å². The van der Waals surface area contributed by atoms with E-state index in [0.717, 1.165) is 18.0 Å². The average Bonchev–Trinajstić information content (AvgIpc) is 2.16. The molecule has 0 saturated carbocycles. The lowest BCUT2D eigenvalue weighted by atomic mass is 10.1. The molecule has 0 aliphatic heterocycles. The van der Waals surface area contributed by atoms with Gasteiger partial charge >= 0.3 is 0 Å². The third kappa shape index (κ3) is 3.32. The Morgan fingerprint density at radius 2 is 2.14 bits per heavy atom. The second-order valence-electron chi connectivity index (χ2n) is 3.79. The monoisotopic (exact) mass is 211 g/mol. The fourth-order valence-corrected chi connectivity index (χ4v) is 1.53. The highest BCUT2D eigenvalue weighted by atomic mass is 35.5. The molecule has 1 atom stereocenters. The number of hydrogen-bond donors (Lipinski definition) is 1. The van der Waals surface area contributed by atoms with E-state index in [4.69, 9.17) is 11.6 Å². The summed E-state index contributed by atoms with van der Waals surface area (Å²) in [5.41, 5.74) is 2.39. The molecule has 1 aromatic carbocycles. The van der Waals surface area contributed by atoms with Crippen molar-refractivity contribution in [1.29, 1.82) is 0 Å². The van der Waals surface area contributed by atoms with Crippen LogP contribution in [0.1, 0.15) is 31.4 Å². The molecule has 0 spiro atoms. The summed E-state index contributed by atoms with van der Waals surface area (Å²) in [6.45, 7) is 7.27. The second kappa shape index (κ2) is 5.38. The summed E-state index contributed by atoms with van der Waals surface area (Å²) in [7, 11) is 0. The fraction of sp³-hybridized carbons (Fsp3) is 0.500. The number of aryl methyl sites for hydroxylation is 1. The SMILES string of the molecule is CCC(C)NCc1ccc(C)cc1Cl. The molecule has 0 aromatic heterocycles. The molecule has 0 aliphatic carbocycles. The van der Waals surface area contributed by atoms with Gasteiger partial charge in [0.25, 0.3) is 0 Å². The van der Waals surface area contributed by atoms with Gasteiger partial charge in [0.05, 0.1) is 0 Å². The topological polar surface area (TPSA) is 12.0 Å². The van der Waals surface area contributed by atoms with Gasteiger partial charge in [-0.15, -0.1) is 0 Å². The van der Waals surface area contributed by atoms with Crippen LogP contribution in [0.2, 0.25) is 5.02 Å². The van der Waals surface area contributed by atoms with Gasteiger partial charge in [-0.25, -0.2) is 0 Å². The predicted molar refractivity (Wildman–Crippen MR) is 62.8 cm³/mol. The third-order valence-electron chi connectivity index (χ3n) is 2.46. The van der Waals surface area contributed by atoms with E-state index in [9.17, 15) is 0 Å². The first-order valence-corrected chi connectivity index (χ1v) is 5.49. The van der Waals surface area contributed by atoms with E-state index in [-0.39, 0.29) is 0 Å². The zero-order valence-corrected chi connectivity index (χ0v) is 9.86. The standard InChI is InChI=1S/C12H18ClN/c1-4-10(3)14-8-11-6-5-9(2)7-12(11)13/h5-7,10,14H,4,8H2,1-3H3. The van der Waals surface area contributed by atoms with E-state index in [2.05, 4.69) is 38.2 Å². The first kappa shape index (κ1) is 11.5. The van der Waals surface area contributed by atoms with Gasteiger partial charge in [0.15, 0.2) is 0 Å². The summed E-state index contributed by atoms with van der Waals surface area (Å²) < 4.78 is 0. The van der Waals surface area contributed by atoms with Gasteiger partial charge in [-0.05, 0) is 37.5 Å². The molecule has 0 saturated heterocycles. The maximum atomic E-state index is 6.12. The zero-order valence-electron chi connectivity index (χ0n) is 9.10. The Bertz CT molecular complexity index is 296. The van der Waals surface area contributed by atoms with Crippen LogP contribution in [0.4, 0.5) is 0 Å². The number of benzene rings is 1. The van der Waals surface area contributed by atoms with Crippen molar-refractivity contribution < 1.29 is 0 Å². The van der Waals surface area contributed by atoms with E-state index in [0.29, 0.717) is 6.04 Å². The molecule has 0 fully saturated rings. The van der Waals surface area contributed by atoms with Crippen LogP contribution in [-0.4, -0.2) is 6.04 Å². The van der Waals surface area contributed by atoms with Gasteiger partial charge < -0.3 is 5.32 Å². The first-order valence-electron chi connectivity index (χ1n) is 5.12. The number of nitrogens with one attached hydrogen (secondary N) is 1. The molecule has 14 heavy (non-hydrogen) atoms. The molecule has 0 amide bonds. The minimum absolute atomic E-state index is 0.548. The summed E-state index contributed by atoms with van der Waals surface area (Å²) >= 11 is 6.12. The lowest BCUT2D eigenvalue weighted by molar-refractivity contribution is 0.534. The molecule has 0 bridgehead atoms. The zero-order chi connectivity index (χ0) is 10.6. The average molecular weight is 212 g/mol. The quantitative estimate of drug-likeness (QED) is 0.804. The first-order chi connectivity index (χ1) is 6.63. The third-order valence-corrected chi connectivity index (χ3v) is 2.81. The summed E-state index contributed by atoms with van der Waals surface area (Å²) in [6.07, 6.45) is 1.14. The van der Waals surface area contributed by atoms with E-state index in [1.807, 2.05) is 6.07 Å². The Hall–Kier alpha value is -0.530. The Balaban J connectivity index is 2.59. The molecule has 1 nitrogen and oxygen atoms in total. The van der Waals surface area contributed by atoms with Crippen LogP contribution in [0, 0.1) is 6.92 Å². The normalized spacial score (nSPS) is 12.9. The molecule has 1 aromatic rings. The largest absolute Gasteiger partial charge is 0.310 e. The minimum Gasteiger partial charge on any atom is -0.310 e. The van der Waals surface area contributed by atoms with E-state index in [1.165, 1.54) is 11.1 Å². The highest BCUT2D eigenvalue weighted by molar-refractivity contribution is 6.31. The Kier molecular flexibility index (Phi) is 4.43. The van der Waals surface area contributed by atoms with Crippen molar-refractivity contribution >= 4 is 11.6 Å². The Morgan fingerprint density at radius 3 is 2.71 bits per heavy atom. The molecular weight excluding hydrogens is 194 g/mol. The lowest BCUT2D eigenvalue weighted by Gasteiger charge is -2.12. The predicted octanol–water partition coefficient (Wildman–Crippen LogP) is 3.54.